The quantitative estimate of drug-likeness (QED) is 0.851. The lowest BCUT2D eigenvalue weighted by molar-refractivity contribution is 0.0904. The van der Waals surface area contributed by atoms with Crippen LogP contribution in [0.1, 0.15) is 41.7 Å². The number of nitriles is 1. The van der Waals surface area contributed by atoms with E-state index in [2.05, 4.69) is 10.3 Å². The molecule has 1 aromatic heterocycles. The number of hydrogen-bond donors (Lipinski definition) is 1. The molecule has 94 valence electrons. The second-order valence-electron chi connectivity index (χ2n) is 4.62. The van der Waals surface area contributed by atoms with Crippen molar-refractivity contribution < 1.29 is 4.79 Å². The van der Waals surface area contributed by atoms with Crippen LogP contribution in [0.15, 0.2) is 18.3 Å². The molecule has 18 heavy (non-hydrogen) atoms. The minimum Gasteiger partial charge on any atom is -0.344 e. The van der Waals surface area contributed by atoms with E-state index < -0.39 is 0 Å². The average molecular weight is 264 g/mol. The maximum atomic E-state index is 12.0. The Balaban J connectivity index is 2.09. The van der Waals surface area contributed by atoms with Gasteiger partial charge in [0.15, 0.2) is 0 Å². The van der Waals surface area contributed by atoms with Crippen LogP contribution in [0.3, 0.4) is 0 Å². The lowest BCUT2D eigenvalue weighted by Crippen LogP contribution is -2.48. The van der Waals surface area contributed by atoms with E-state index in [-0.39, 0.29) is 11.4 Å². The lowest BCUT2D eigenvalue weighted by Gasteiger charge is -2.27. The Labute approximate surface area is 111 Å². The molecule has 0 aromatic carbocycles. The molecule has 4 nitrogen and oxygen atoms in total. The SMILES string of the molecule is N#Cc1ccc(C(=O)NC2(CCl)CCCC2)nc1. The third-order valence-electron chi connectivity index (χ3n) is 3.32. The third kappa shape index (κ3) is 2.62. The van der Waals surface area contributed by atoms with E-state index in [4.69, 9.17) is 16.9 Å². The summed E-state index contributed by atoms with van der Waals surface area (Å²) in [5.41, 5.74) is 0.485. The van der Waals surface area contributed by atoms with Crippen molar-refractivity contribution in [2.75, 3.05) is 5.88 Å². The Morgan fingerprint density at radius 2 is 2.22 bits per heavy atom. The van der Waals surface area contributed by atoms with Crippen LogP contribution in [0.2, 0.25) is 0 Å². The lowest BCUT2D eigenvalue weighted by atomic mass is 10.00. The van der Waals surface area contributed by atoms with Crippen molar-refractivity contribution >= 4 is 17.5 Å². The number of rotatable bonds is 3. The highest BCUT2D eigenvalue weighted by atomic mass is 35.5. The number of alkyl halides is 1. The molecule has 1 aliphatic carbocycles. The molecule has 0 radical (unpaired) electrons. The van der Waals surface area contributed by atoms with Gasteiger partial charge in [0.25, 0.3) is 5.91 Å². The van der Waals surface area contributed by atoms with E-state index in [0.717, 1.165) is 25.7 Å². The molecule has 1 N–H and O–H groups in total. The highest BCUT2D eigenvalue weighted by Crippen LogP contribution is 2.30. The van der Waals surface area contributed by atoms with Gasteiger partial charge in [-0.3, -0.25) is 4.79 Å². The predicted octanol–water partition coefficient (Wildman–Crippen LogP) is 2.23. The second kappa shape index (κ2) is 5.36. The molecule has 1 saturated carbocycles. The van der Waals surface area contributed by atoms with Crippen LogP contribution in [0, 0.1) is 11.3 Å². The summed E-state index contributed by atoms with van der Waals surface area (Å²) in [4.78, 5) is 16.0. The van der Waals surface area contributed by atoms with Crippen LogP contribution in [0.5, 0.6) is 0 Å². The molecule has 1 aliphatic rings. The molecule has 5 heteroatoms. The van der Waals surface area contributed by atoms with Gasteiger partial charge in [0, 0.05) is 12.1 Å². The number of amides is 1. The Bertz CT molecular complexity index is 472. The van der Waals surface area contributed by atoms with Crippen molar-refractivity contribution in [3.8, 4) is 6.07 Å². The number of halogens is 1. The number of aromatic nitrogens is 1. The summed E-state index contributed by atoms with van der Waals surface area (Å²) in [5.74, 6) is 0.205. The van der Waals surface area contributed by atoms with E-state index in [0.29, 0.717) is 17.1 Å². The van der Waals surface area contributed by atoms with E-state index in [1.165, 1.54) is 6.20 Å². The topological polar surface area (TPSA) is 65.8 Å². The van der Waals surface area contributed by atoms with Gasteiger partial charge >= 0.3 is 0 Å². The number of nitrogens with one attached hydrogen (secondary N) is 1. The van der Waals surface area contributed by atoms with E-state index in [1.807, 2.05) is 6.07 Å². The first-order valence-corrected chi connectivity index (χ1v) is 6.47. The zero-order chi connectivity index (χ0) is 13.0. The summed E-state index contributed by atoms with van der Waals surface area (Å²) in [6, 6.07) is 5.12. The largest absolute Gasteiger partial charge is 0.344 e. The molecule has 1 heterocycles. The standard InChI is InChI=1S/C13H14ClN3O/c14-9-13(5-1-2-6-13)17-12(18)11-4-3-10(7-15)8-16-11/h3-4,8H,1-2,5-6,9H2,(H,17,18). The zero-order valence-corrected chi connectivity index (χ0v) is 10.7. The summed E-state index contributed by atoms with van der Waals surface area (Å²) < 4.78 is 0. The molecule has 0 atom stereocenters. The van der Waals surface area contributed by atoms with Gasteiger partial charge in [0.1, 0.15) is 11.8 Å². The van der Waals surface area contributed by atoms with Crippen LogP contribution in [-0.2, 0) is 0 Å². The van der Waals surface area contributed by atoms with E-state index in [1.54, 1.807) is 12.1 Å². The van der Waals surface area contributed by atoms with E-state index in [9.17, 15) is 4.79 Å². The Hall–Kier alpha value is -1.60. The number of nitrogens with zero attached hydrogens (tertiary/aromatic N) is 2. The molecule has 0 spiro atoms. The summed E-state index contributed by atoms with van der Waals surface area (Å²) in [5, 5.41) is 11.6. The third-order valence-corrected chi connectivity index (χ3v) is 3.83. The normalized spacial score (nSPS) is 17.1. The fraction of sp³-hybridized carbons (Fsp3) is 0.462. The number of hydrogen-bond acceptors (Lipinski definition) is 3. The van der Waals surface area contributed by atoms with Crippen molar-refractivity contribution in [2.45, 2.75) is 31.2 Å². The summed E-state index contributed by atoms with van der Waals surface area (Å²) >= 11 is 5.97. The maximum absolute atomic E-state index is 12.0. The molecule has 0 unspecified atom stereocenters. The number of carbonyl (C=O) groups excluding carboxylic acids is 1. The van der Waals surface area contributed by atoms with Gasteiger partial charge in [-0.25, -0.2) is 4.98 Å². The first-order chi connectivity index (χ1) is 8.69. The smallest absolute Gasteiger partial charge is 0.270 e. The van der Waals surface area contributed by atoms with Gasteiger partial charge in [-0.1, -0.05) is 12.8 Å². The van der Waals surface area contributed by atoms with Crippen molar-refractivity contribution in [1.82, 2.24) is 10.3 Å². The van der Waals surface area contributed by atoms with Crippen LogP contribution < -0.4 is 5.32 Å². The average Bonchev–Trinajstić information content (AvgIpc) is 2.88. The first-order valence-electron chi connectivity index (χ1n) is 5.94. The molecule has 1 aromatic rings. The molecule has 0 bridgehead atoms. The summed E-state index contributed by atoms with van der Waals surface area (Å²) in [7, 11) is 0. The molecule has 1 fully saturated rings. The summed E-state index contributed by atoms with van der Waals surface area (Å²) in [6.45, 7) is 0. The number of pyridine rings is 1. The molecular formula is C13H14ClN3O. The predicted molar refractivity (Wildman–Crippen MR) is 68.3 cm³/mol. The maximum Gasteiger partial charge on any atom is 0.270 e. The fourth-order valence-corrected chi connectivity index (χ4v) is 2.58. The highest BCUT2D eigenvalue weighted by Gasteiger charge is 2.34. The zero-order valence-electron chi connectivity index (χ0n) is 9.95. The van der Waals surface area contributed by atoms with Gasteiger partial charge < -0.3 is 5.32 Å². The molecule has 2 rings (SSSR count). The van der Waals surface area contributed by atoms with Gasteiger partial charge in [0.05, 0.1) is 11.1 Å². The van der Waals surface area contributed by atoms with Gasteiger partial charge in [-0.15, -0.1) is 11.6 Å². The Morgan fingerprint density at radius 1 is 1.50 bits per heavy atom. The van der Waals surface area contributed by atoms with Crippen LogP contribution >= 0.6 is 11.6 Å². The minimum atomic E-state index is -0.284. The second-order valence-corrected chi connectivity index (χ2v) is 4.89. The van der Waals surface area contributed by atoms with Crippen LogP contribution in [-0.4, -0.2) is 22.3 Å². The first kappa shape index (κ1) is 12.8. The number of carbonyl (C=O) groups is 1. The molecule has 0 saturated heterocycles. The molecule has 0 aliphatic heterocycles. The summed E-state index contributed by atoms with van der Waals surface area (Å²) in [6.07, 6.45) is 5.41. The monoisotopic (exact) mass is 263 g/mol. The minimum absolute atomic E-state index is 0.220. The Kier molecular flexibility index (Phi) is 3.83. The van der Waals surface area contributed by atoms with Gasteiger partial charge in [-0.05, 0) is 25.0 Å². The van der Waals surface area contributed by atoms with Crippen molar-refractivity contribution in [3.63, 3.8) is 0 Å². The van der Waals surface area contributed by atoms with Gasteiger partial charge in [0.2, 0.25) is 0 Å². The van der Waals surface area contributed by atoms with Crippen molar-refractivity contribution in [2.24, 2.45) is 0 Å². The Morgan fingerprint density at radius 3 is 2.72 bits per heavy atom. The van der Waals surface area contributed by atoms with Crippen LogP contribution in [0.25, 0.3) is 0 Å². The van der Waals surface area contributed by atoms with Crippen molar-refractivity contribution in [1.29, 1.82) is 5.26 Å². The van der Waals surface area contributed by atoms with Crippen LogP contribution in [0.4, 0.5) is 0 Å². The van der Waals surface area contributed by atoms with E-state index >= 15 is 0 Å². The van der Waals surface area contributed by atoms with Crippen molar-refractivity contribution in [3.05, 3.63) is 29.6 Å². The molecule has 1 amide bonds. The van der Waals surface area contributed by atoms with Gasteiger partial charge in [-0.2, -0.15) is 5.26 Å². The fourth-order valence-electron chi connectivity index (χ4n) is 2.24. The highest BCUT2D eigenvalue weighted by molar-refractivity contribution is 6.19. The molecular weight excluding hydrogens is 250 g/mol.